The summed E-state index contributed by atoms with van der Waals surface area (Å²) in [4.78, 5) is 39.1. The number of urea groups is 1. The fraction of sp³-hybridized carbons (Fsp3) is 0.192. The zero-order valence-electron chi connectivity index (χ0n) is 18.2. The zero-order valence-corrected chi connectivity index (χ0v) is 18.2. The van der Waals surface area contributed by atoms with Gasteiger partial charge in [-0.15, -0.1) is 0 Å². The van der Waals surface area contributed by atoms with Crippen LogP contribution in [0, 0.1) is 6.92 Å². The number of carbonyl (C=O) groups excluding carboxylic acids is 2. The molecule has 33 heavy (non-hydrogen) atoms. The van der Waals surface area contributed by atoms with E-state index in [0.717, 1.165) is 16.7 Å². The highest BCUT2D eigenvalue weighted by Crippen LogP contribution is 2.39. The quantitative estimate of drug-likeness (QED) is 0.552. The van der Waals surface area contributed by atoms with E-state index >= 15 is 0 Å². The Balaban J connectivity index is 1.69. The van der Waals surface area contributed by atoms with Crippen molar-refractivity contribution in [2.45, 2.75) is 25.3 Å². The molecule has 0 saturated heterocycles. The van der Waals surface area contributed by atoms with Crippen molar-refractivity contribution >= 4 is 29.3 Å². The van der Waals surface area contributed by atoms with Crippen LogP contribution < -0.4 is 15.5 Å². The van der Waals surface area contributed by atoms with Gasteiger partial charge in [0, 0.05) is 17.3 Å². The molecule has 0 aromatic heterocycles. The van der Waals surface area contributed by atoms with Crippen LogP contribution in [0.25, 0.3) is 0 Å². The molecular weight excluding hydrogens is 418 g/mol. The van der Waals surface area contributed by atoms with E-state index in [9.17, 15) is 19.5 Å². The summed E-state index contributed by atoms with van der Waals surface area (Å²) in [7, 11) is 0. The number of rotatable bonds is 5. The van der Waals surface area contributed by atoms with Gasteiger partial charge >= 0.3 is 12.0 Å². The first kappa shape index (κ1) is 22.1. The molecule has 0 spiro atoms. The molecule has 3 aromatic carbocycles. The van der Waals surface area contributed by atoms with Gasteiger partial charge in [0.25, 0.3) is 0 Å². The molecule has 0 aliphatic carbocycles. The number of hydrogen-bond acceptors (Lipinski definition) is 3. The summed E-state index contributed by atoms with van der Waals surface area (Å²) in [5.74, 6) is -1.78. The molecule has 0 saturated carbocycles. The topological polar surface area (TPSA) is 98.7 Å². The highest BCUT2D eigenvalue weighted by atomic mass is 16.4. The van der Waals surface area contributed by atoms with Crippen molar-refractivity contribution in [1.82, 2.24) is 5.32 Å². The van der Waals surface area contributed by atoms with Crippen molar-refractivity contribution in [2.24, 2.45) is 0 Å². The molecule has 1 aliphatic rings. The molecule has 2 unspecified atom stereocenters. The van der Waals surface area contributed by atoms with Gasteiger partial charge in [0.05, 0.1) is 0 Å². The van der Waals surface area contributed by atoms with Crippen LogP contribution in [0.1, 0.15) is 29.0 Å². The first-order valence-corrected chi connectivity index (χ1v) is 10.7. The van der Waals surface area contributed by atoms with Crippen LogP contribution >= 0.6 is 0 Å². The Morgan fingerprint density at radius 2 is 1.73 bits per heavy atom. The average Bonchev–Trinajstić information content (AvgIpc) is 2.90. The van der Waals surface area contributed by atoms with Gasteiger partial charge in [0.2, 0.25) is 5.91 Å². The van der Waals surface area contributed by atoms with Gasteiger partial charge in [-0.1, -0.05) is 60.7 Å². The summed E-state index contributed by atoms with van der Waals surface area (Å²) in [6.45, 7) is 1.43. The molecule has 2 atom stereocenters. The maximum atomic E-state index is 13.5. The maximum Gasteiger partial charge on any atom is 0.323 e. The predicted molar refractivity (Wildman–Crippen MR) is 126 cm³/mol. The first-order valence-electron chi connectivity index (χ1n) is 10.7. The number of benzene rings is 3. The van der Waals surface area contributed by atoms with Crippen molar-refractivity contribution in [3.63, 3.8) is 0 Å². The van der Waals surface area contributed by atoms with Gasteiger partial charge < -0.3 is 15.7 Å². The van der Waals surface area contributed by atoms with Crippen LogP contribution in [0.2, 0.25) is 0 Å². The summed E-state index contributed by atoms with van der Waals surface area (Å²) in [6, 6.07) is 22.9. The van der Waals surface area contributed by atoms with Crippen LogP contribution in [0.4, 0.5) is 16.2 Å². The summed E-state index contributed by atoms with van der Waals surface area (Å²) in [5.41, 5.74) is 3.98. The fourth-order valence-electron chi connectivity index (χ4n) is 4.27. The molecule has 3 aromatic rings. The Labute approximate surface area is 192 Å². The van der Waals surface area contributed by atoms with Gasteiger partial charge in [-0.05, 0) is 48.2 Å². The lowest BCUT2D eigenvalue weighted by Gasteiger charge is -2.24. The van der Waals surface area contributed by atoms with E-state index in [1.807, 2.05) is 67.6 Å². The second kappa shape index (κ2) is 9.56. The summed E-state index contributed by atoms with van der Waals surface area (Å²) in [5, 5.41) is 15.0. The van der Waals surface area contributed by atoms with Crippen LogP contribution in [-0.2, 0) is 9.59 Å². The van der Waals surface area contributed by atoms with Crippen molar-refractivity contribution < 1.29 is 19.5 Å². The monoisotopic (exact) mass is 443 g/mol. The fourth-order valence-corrected chi connectivity index (χ4v) is 4.27. The minimum atomic E-state index is -1.13. The number of nitrogens with one attached hydrogen (secondary N) is 2. The molecule has 3 amide bonds. The molecule has 0 bridgehead atoms. The molecule has 0 fully saturated rings. The third-order valence-electron chi connectivity index (χ3n) is 5.72. The summed E-state index contributed by atoms with van der Waals surface area (Å²) in [6.07, 6.45) is 0.303. The van der Waals surface area contributed by atoms with E-state index in [0.29, 0.717) is 17.8 Å². The molecule has 3 N–H and O–H groups in total. The van der Waals surface area contributed by atoms with E-state index in [-0.39, 0.29) is 5.92 Å². The molecule has 1 aliphatic heterocycles. The number of amides is 3. The molecule has 168 valence electrons. The number of carbonyl (C=O) groups is 3. The Kier molecular flexibility index (Phi) is 6.40. The number of nitrogens with zero attached hydrogens (tertiary/aromatic N) is 1. The van der Waals surface area contributed by atoms with E-state index in [4.69, 9.17) is 0 Å². The number of anilines is 2. The average molecular weight is 444 g/mol. The third-order valence-corrected chi connectivity index (χ3v) is 5.72. The highest BCUT2D eigenvalue weighted by Gasteiger charge is 2.37. The zero-order chi connectivity index (χ0) is 23.4. The summed E-state index contributed by atoms with van der Waals surface area (Å²) < 4.78 is 0. The van der Waals surface area contributed by atoms with Gasteiger partial charge in [0.15, 0.2) is 0 Å². The molecule has 4 rings (SSSR count). The molecular formula is C26H25N3O4. The van der Waals surface area contributed by atoms with Gasteiger partial charge in [0.1, 0.15) is 12.6 Å². The van der Waals surface area contributed by atoms with Crippen molar-refractivity contribution in [3.8, 4) is 0 Å². The van der Waals surface area contributed by atoms with Crippen LogP contribution in [0.3, 0.4) is 0 Å². The van der Waals surface area contributed by atoms with Crippen LogP contribution in [-0.4, -0.2) is 35.6 Å². The predicted octanol–water partition coefficient (Wildman–Crippen LogP) is 4.14. The molecule has 0 radical (unpaired) electrons. The first-order chi connectivity index (χ1) is 15.9. The number of aliphatic carboxylic acids is 1. The van der Waals surface area contributed by atoms with Crippen molar-refractivity contribution in [3.05, 3.63) is 95.6 Å². The minimum absolute atomic E-state index is 0.200. The Hall–Kier alpha value is -4.13. The van der Waals surface area contributed by atoms with Gasteiger partial charge in [-0.25, -0.2) is 4.79 Å². The Morgan fingerprint density at radius 3 is 2.45 bits per heavy atom. The van der Waals surface area contributed by atoms with Crippen LogP contribution in [0.15, 0.2) is 78.9 Å². The second-order valence-corrected chi connectivity index (χ2v) is 8.10. The van der Waals surface area contributed by atoms with E-state index in [2.05, 4.69) is 10.6 Å². The van der Waals surface area contributed by atoms with Gasteiger partial charge in [-0.3, -0.25) is 14.5 Å². The number of para-hydroxylation sites is 1. The number of carboxylic acids is 1. The van der Waals surface area contributed by atoms with Gasteiger partial charge in [-0.2, -0.15) is 0 Å². The smallest absolute Gasteiger partial charge is 0.323 e. The molecule has 1 heterocycles. The molecule has 7 nitrogen and oxygen atoms in total. The van der Waals surface area contributed by atoms with E-state index < -0.39 is 30.5 Å². The SMILES string of the molecule is Cc1cccc(NC(=O)NC2CC(c3ccccc3)c3ccccc3N(CC(=O)O)C2=O)c1. The number of hydrogen-bond donors (Lipinski definition) is 3. The lowest BCUT2D eigenvalue weighted by molar-refractivity contribution is -0.136. The summed E-state index contributed by atoms with van der Waals surface area (Å²) >= 11 is 0. The van der Waals surface area contributed by atoms with Crippen molar-refractivity contribution in [1.29, 1.82) is 0 Å². The van der Waals surface area contributed by atoms with E-state index in [1.165, 1.54) is 4.90 Å². The molecule has 7 heteroatoms. The second-order valence-electron chi connectivity index (χ2n) is 8.10. The lowest BCUT2D eigenvalue weighted by Crippen LogP contribution is -2.50. The standard InChI is InChI=1S/C26H25N3O4/c1-17-8-7-11-19(14-17)27-26(33)28-22-15-21(18-9-3-2-4-10-18)20-12-5-6-13-23(20)29(25(22)32)16-24(30)31/h2-14,21-22H,15-16H2,1H3,(H,30,31)(H2,27,28,33). The number of fused-ring (bicyclic) bond motifs is 1. The normalized spacial score (nSPS) is 17.6. The lowest BCUT2D eigenvalue weighted by atomic mass is 9.86. The third kappa shape index (κ3) is 5.03. The van der Waals surface area contributed by atoms with E-state index in [1.54, 1.807) is 18.2 Å². The minimum Gasteiger partial charge on any atom is -0.480 e. The largest absolute Gasteiger partial charge is 0.480 e. The Morgan fingerprint density at radius 1 is 1.00 bits per heavy atom. The number of aryl methyl sites for hydroxylation is 1. The van der Waals surface area contributed by atoms with Crippen molar-refractivity contribution in [2.75, 3.05) is 16.8 Å². The maximum absolute atomic E-state index is 13.5. The Bertz CT molecular complexity index is 1180. The highest BCUT2D eigenvalue weighted by molar-refractivity contribution is 6.04. The number of carboxylic acid groups (broad SMARTS) is 1. The van der Waals surface area contributed by atoms with Crippen LogP contribution in [0.5, 0.6) is 0 Å².